The molecule has 1 aromatic carbocycles. The van der Waals surface area contributed by atoms with E-state index in [2.05, 4.69) is 39.9 Å². The smallest absolute Gasteiger partial charge is 0.238 e. The summed E-state index contributed by atoms with van der Waals surface area (Å²) in [6.45, 7) is 6.52. The summed E-state index contributed by atoms with van der Waals surface area (Å²) in [5, 5.41) is 3.68. The van der Waals surface area contributed by atoms with E-state index >= 15 is 0 Å². The van der Waals surface area contributed by atoms with E-state index in [9.17, 15) is 4.79 Å². The third-order valence-electron chi connectivity index (χ3n) is 4.86. The lowest BCUT2D eigenvalue weighted by atomic mass is 10.0. The maximum atomic E-state index is 12.5. The van der Waals surface area contributed by atoms with Gasteiger partial charge in [-0.15, -0.1) is 0 Å². The molecular weight excluding hydrogens is 362 g/mol. The lowest BCUT2D eigenvalue weighted by Crippen LogP contribution is -2.42. The molecule has 6 nitrogen and oxygen atoms in total. The molecule has 7 heteroatoms. The highest BCUT2D eigenvalue weighted by atomic mass is 35.5. The molecule has 1 aliphatic heterocycles. The van der Waals surface area contributed by atoms with Gasteiger partial charge < -0.3 is 10.2 Å². The van der Waals surface area contributed by atoms with Crippen molar-refractivity contribution in [2.45, 2.75) is 38.9 Å². The quantitative estimate of drug-likeness (QED) is 0.681. The zero-order valence-corrected chi connectivity index (χ0v) is 16.5. The molecule has 0 spiro atoms. The molecule has 144 valence electrons. The standard InChI is InChI=1S/C20H26ClN5O/c1-3-26(4-2)19-10-9-14(12-22-19)13-23-20(27)18-11-17(24-25-18)15-7-5-6-8-16(15)21/h5-10,12,17-18,24-25H,3-4,11,13H2,1-2H3,(H,23,27). The van der Waals surface area contributed by atoms with Crippen LogP contribution in [0.25, 0.3) is 0 Å². The Morgan fingerprint density at radius 2 is 2.00 bits per heavy atom. The van der Waals surface area contributed by atoms with Crippen molar-refractivity contribution in [1.82, 2.24) is 21.2 Å². The van der Waals surface area contributed by atoms with Crippen LogP contribution in [0.15, 0.2) is 42.6 Å². The average Bonchev–Trinajstić information content (AvgIpc) is 3.18. The summed E-state index contributed by atoms with van der Waals surface area (Å²) >= 11 is 6.25. The first-order valence-electron chi connectivity index (χ1n) is 9.35. The first kappa shape index (κ1) is 19.6. The van der Waals surface area contributed by atoms with E-state index in [4.69, 9.17) is 11.6 Å². The van der Waals surface area contributed by atoms with E-state index in [0.717, 1.165) is 30.0 Å². The van der Waals surface area contributed by atoms with Gasteiger partial charge in [0.2, 0.25) is 5.91 Å². The normalized spacial score (nSPS) is 19.1. The molecule has 2 atom stereocenters. The fourth-order valence-electron chi connectivity index (χ4n) is 3.26. The monoisotopic (exact) mass is 387 g/mol. The number of hydrazine groups is 1. The van der Waals surface area contributed by atoms with Crippen LogP contribution in [0, 0.1) is 0 Å². The number of halogens is 1. The Balaban J connectivity index is 1.52. The number of aromatic nitrogens is 1. The van der Waals surface area contributed by atoms with E-state index in [1.54, 1.807) is 0 Å². The second-order valence-electron chi connectivity index (χ2n) is 6.57. The Bertz CT molecular complexity index is 763. The third kappa shape index (κ3) is 4.77. The fourth-order valence-corrected chi connectivity index (χ4v) is 3.53. The highest BCUT2D eigenvalue weighted by Gasteiger charge is 2.30. The van der Waals surface area contributed by atoms with Crippen molar-refractivity contribution in [2.75, 3.05) is 18.0 Å². The maximum Gasteiger partial charge on any atom is 0.238 e. The van der Waals surface area contributed by atoms with E-state index in [1.807, 2.05) is 42.6 Å². The Hall–Kier alpha value is -2.15. The van der Waals surface area contributed by atoms with Gasteiger partial charge in [0, 0.05) is 36.9 Å². The molecule has 1 aromatic heterocycles. The average molecular weight is 388 g/mol. The van der Waals surface area contributed by atoms with E-state index in [1.165, 1.54) is 0 Å². The van der Waals surface area contributed by atoms with Crippen LogP contribution in [-0.4, -0.2) is 30.0 Å². The van der Waals surface area contributed by atoms with Gasteiger partial charge in [0.05, 0.1) is 0 Å². The van der Waals surface area contributed by atoms with E-state index < -0.39 is 0 Å². The summed E-state index contributed by atoms with van der Waals surface area (Å²) in [5.41, 5.74) is 8.21. The first-order valence-corrected chi connectivity index (χ1v) is 9.73. The number of carbonyl (C=O) groups is 1. The summed E-state index contributed by atoms with van der Waals surface area (Å²) in [6, 6.07) is 11.4. The highest BCUT2D eigenvalue weighted by molar-refractivity contribution is 6.31. The van der Waals surface area contributed by atoms with Crippen molar-refractivity contribution in [3.8, 4) is 0 Å². The molecule has 1 saturated heterocycles. The van der Waals surface area contributed by atoms with Crippen LogP contribution in [0.1, 0.15) is 37.4 Å². The molecule has 1 amide bonds. The van der Waals surface area contributed by atoms with Gasteiger partial charge in [-0.05, 0) is 43.5 Å². The number of amides is 1. The lowest BCUT2D eigenvalue weighted by molar-refractivity contribution is -0.123. The number of nitrogens with one attached hydrogen (secondary N) is 3. The van der Waals surface area contributed by atoms with Crippen molar-refractivity contribution >= 4 is 23.3 Å². The predicted octanol–water partition coefficient (Wildman–Crippen LogP) is 2.81. The Morgan fingerprint density at radius 1 is 1.22 bits per heavy atom. The van der Waals surface area contributed by atoms with E-state index in [-0.39, 0.29) is 18.0 Å². The molecule has 2 heterocycles. The van der Waals surface area contributed by atoms with Gasteiger partial charge in [-0.25, -0.2) is 15.8 Å². The van der Waals surface area contributed by atoms with Crippen molar-refractivity contribution in [3.05, 3.63) is 58.7 Å². The van der Waals surface area contributed by atoms with Gasteiger partial charge >= 0.3 is 0 Å². The molecule has 0 aliphatic carbocycles. The van der Waals surface area contributed by atoms with Crippen molar-refractivity contribution < 1.29 is 4.79 Å². The highest BCUT2D eigenvalue weighted by Crippen LogP contribution is 2.28. The predicted molar refractivity (Wildman–Crippen MR) is 109 cm³/mol. The number of rotatable bonds is 7. The zero-order chi connectivity index (χ0) is 19.2. The Kier molecular flexibility index (Phi) is 6.66. The summed E-state index contributed by atoms with van der Waals surface area (Å²) in [4.78, 5) is 19.1. The van der Waals surface area contributed by atoms with Gasteiger partial charge in [0.15, 0.2) is 0 Å². The lowest BCUT2D eigenvalue weighted by Gasteiger charge is -2.19. The van der Waals surface area contributed by atoms with Crippen LogP contribution in [0.3, 0.4) is 0 Å². The maximum absolute atomic E-state index is 12.5. The van der Waals surface area contributed by atoms with Gasteiger partial charge in [-0.3, -0.25) is 4.79 Å². The van der Waals surface area contributed by atoms with Crippen molar-refractivity contribution in [2.24, 2.45) is 0 Å². The second kappa shape index (κ2) is 9.17. The summed E-state index contributed by atoms with van der Waals surface area (Å²) in [6.07, 6.45) is 2.47. The first-order chi connectivity index (χ1) is 13.1. The van der Waals surface area contributed by atoms with Gasteiger partial charge in [0.25, 0.3) is 0 Å². The zero-order valence-electron chi connectivity index (χ0n) is 15.7. The number of carbonyl (C=O) groups excluding carboxylic acids is 1. The molecule has 27 heavy (non-hydrogen) atoms. The molecule has 2 aromatic rings. The molecule has 3 rings (SSSR count). The summed E-state index contributed by atoms with van der Waals surface area (Å²) in [7, 11) is 0. The molecular formula is C20H26ClN5O. The topological polar surface area (TPSA) is 69.3 Å². The number of hydrogen-bond acceptors (Lipinski definition) is 5. The van der Waals surface area contributed by atoms with Crippen LogP contribution < -0.4 is 21.1 Å². The summed E-state index contributed by atoms with van der Waals surface area (Å²) < 4.78 is 0. The molecule has 0 radical (unpaired) electrons. The Labute approximate surface area is 165 Å². The number of hydrogen-bond donors (Lipinski definition) is 3. The number of pyridine rings is 1. The second-order valence-corrected chi connectivity index (χ2v) is 6.97. The largest absolute Gasteiger partial charge is 0.357 e. The van der Waals surface area contributed by atoms with Gasteiger partial charge in [-0.1, -0.05) is 35.9 Å². The van der Waals surface area contributed by atoms with Crippen LogP contribution >= 0.6 is 11.6 Å². The minimum atomic E-state index is -0.297. The molecule has 0 bridgehead atoms. The SMILES string of the molecule is CCN(CC)c1ccc(CNC(=O)C2CC(c3ccccc3Cl)NN2)cn1. The molecule has 1 fully saturated rings. The minimum absolute atomic E-state index is 0.0180. The molecule has 2 unspecified atom stereocenters. The number of anilines is 1. The number of benzene rings is 1. The van der Waals surface area contributed by atoms with E-state index in [0.29, 0.717) is 18.0 Å². The fraction of sp³-hybridized carbons (Fsp3) is 0.400. The molecule has 1 aliphatic rings. The van der Waals surface area contributed by atoms with Gasteiger partial charge in [0.1, 0.15) is 11.9 Å². The van der Waals surface area contributed by atoms with Crippen LogP contribution in [0.5, 0.6) is 0 Å². The molecule has 0 saturated carbocycles. The van der Waals surface area contributed by atoms with Crippen molar-refractivity contribution in [1.29, 1.82) is 0 Å². The number of nitrogens with zero attached hydrogens (tertiary/aromatic N) is 2. The Morgan fingerprint density at radius 3 is 2.67 bits per heavy atom. The third-order valence-corrected chi connectivity index (χ3v) is 5.21. The van der Waals surface area contributed by atoms with Crippen LogP contribution in [0.2, 0.25) is 5.02 Å². The van der Waals surface area contributed by atoms with Gasteiger partial charge in [-0.2, -0.15) is 0 Å². The molecule has 3 N–H and O–H groups in total. The van der Waals surface area contributed by atoms with Crippen molar-refractivity contribution in [3.63, 3.8) is 0 Å². The van der Waals surface area contributed by atoms with Crippen LogP contribution in [0.4, 0.5) is 5.82 Å². The minimum Gasteiger partial charge on any atom is -0.357 e. The summed E-state index contributed by atoms with van der Waals surface area (Å²) in [5.74, 6) is 0.921. The van der Waals surface area contributed by atoms with Crippen LogP contribution in [-0.2, 0) is 11.3 Å².